The molecule has 2 aromatic rings. The molecule has 0 spiro atoms. The predicted octanol–water partition coefficient (Wildman–Crippen LogP) is 3.93. The van der Waals surface area contributed by atoms with Gasteiger partial charge < -0.3 is 10.4 Å². The normalized spacial score (nSPS) is 28.9. The Hall–Kier alpha value is -2.37. The highest BCUT2D eigenvalue weighted by atomic mass is 16.3. The fourth-order valence-corrected chi connectivity index (χ4v) is 5.80. The fourth-order valence-electron chi connectivity index (χ4n) is 5.80. The van der Waals surface area contributed by atoms with Gasteiger partial charge in [0, 0.05) is 12.7 Å². The van der Waals surface area contributed by atoms with Crippen molar-refractivity contribution in [2.24, 2.45) is 23.2 Å². The van der Waals surface area contributed by atoms with Gasteiger partial charge in [-0.1, -0.05) is 19.9 Å². The first kappa shape index (κ1) is 20.4. The zero-order valence-electron chi connectivity index (χ0n) is 17.0. The first-order valence-corrected chi connectivity index (χ1v) is 10.2. The molecule has 28 heavy (non-hydrogen) atoms. The number of carbonyl (C=O) groups is 2. The Morgan fingerprint density at radius 1 is 1.29 bits per heavy atom. The maximum atomic E-state index is 12.9. The molecular weight excluding hydrogens is 354 g/mol. The van der Waals surface area contributed by atoms with E-state index in [1.807, 2.05) is 35.7 Å². The molecule has 2 bridgehead atoms. The molecule has 4 rings (SSSR count). The second kappa shape index (κ2) is 8.33. The van der Waals surface area contributed by atoms with Crippen LogP contribution in [0.4, 0.5) is 0 Å². The van der Waals surface area contributed by atoms with Gasteiger partial charge >= 0.3 is 0 Å². The van der Waals surface area contributed by atoms with Crippen molar-refractivity contribution in [3.8, 4) is 0 Å². The molecule has 2 N–H and O–H groups in total. The van der Waals surface area contributed by atoms with Crippen molar-refractivity contribution in [3.05, 3.63) is 35.8 Å². The SMILES string of the molecule is Cc1cn2c(C(=O)NCC34CC(C)CC(CC(C)C3)C4)cccc2n1.O=CO. The monoisotopic (exact) mass is 385 g/mol. The minimum absolute atomic E-state index is 0.0189. The lowest BCUT2D eigenvalue weighted by molar-refractivity contribution is -0.122. The number of carbonyl (C=O) groups excluding carboxylic acids is 1. The first-order valence-electron chi connectivity index (χ1n) is 10.2. The molecule has 0 saturated heterocycles. The Kier molecular flexibility index (Phi) is 6.06. The highest BCUT2D eigenvalue weighted by Crippen LogP contribution is 2.52. The van der Waals surface area contributed by atoms with Crippen molar-refractivity contribution >= 4 is 18.0 Å². The lowest BCUT2D eigenvalue weighted by atomic mass is 9.57. The minimum atomic E-state index is -0.250. The van der Waals surface area contributed by atoms with Crippen LogP contribution in [-0.4, -0.2) is 33.4 Å². The van der Waals surface area contributed by atoms with E-state index >= 15 is 0 Å². The topological polar surface area (TPSA) is 83.7 Å². The molecule has 2 heterocycles. The van der Waals surface area contributed by atoms with Crippen molar-refractivity contribution in [1.82, 2.24) is 14.7 Å². The quantitative estimate of drug-likeness (QED) is 0.784. The Morgan fingerprint density at radius 2 is 1.93 bits per heavy atom. The molecule has 0 radical (unpaired) electrons. The number of aryl methyl sites for hydroxylation is 1. The Morgan fingerprint density at radius 3 is 2.57 bits per heavy atom. The number of aromatic nitrogens is 2. The van der Waals surface area contributed by atoms with E-state index in [2.05, 4.69) is 24.1 Å². The smallest absolute Gasteiger partial charge is 0.290 e. The molecule has 2 aromatic heterocycles. The highest BCUT2D eigenvalue weighted by molar-refractivity contribution is 5.93. The van der Waals surface area contributed by atoms with Crippen molar-refractivity contribution in [3.63, 3.8) is 0 Å². The van der Waals surface area contributed by atoms with Gasteiger partial charge in [-0.25, -0.2) is 4.98 Å². The summed E-state index contributed by atoms with van der Waals surface area (Å²) < 4.78 is 1.90. The van der Waals surface area contributed by atoms with Crippen molar-refractivity contribution in [2.45, 2.75) is 52.9 Å². The van der Waals surface area contributed by atoms with Gasteiger partial charge in [0.25, 0.3) is 12.4 Å². The standard InChI is InChI=1S/C21H29N3O.CH2O2/c1-14-7-17-8-15(2)10-21(9-14,11-17)13-22-20(25)18-5-4-6-19-23-16(3)12-24(18)19;2-1-3/h4-6,12,14-15,17H,7-11,13H2,1-3H3,(H,22,25);1H,(H,2,3). The van der Waals surface area contributed by atoms with Gasteiger partial charge in [-0.2, -0.15) is 0 Å². The van der Waals surface area contributed by atoms with E-state index in [0.29, 0.717) is 11.1 Å². The van der Waals surface area contributed by atoms with Crippen LogP contribution in [0.15, 0.2) is 24.4 Å². The van der Waals surface area contributed by atoms with E-state index in [1.165, 1.54) is 32.1 Å². The van der Waals surface area contributed by atoms with Crippen LogP contribution in [0.5, 0.6) is 0 Å². The number of pyridine rings is 1. The summed E-state index contributed by atoms with van der Waals surface area (Å²) in [5.41, 5.74) is 2.75. The van der Waals surface area contributed by atoms with Crippen molar-refractivity contribution in [2.75, 3.05) is 6.54 Å². The molecule has 2 unspecified atom stereocenters. The third-order valence-corrected chi connectivity index (χ3v) is 6.23. The third kappa shape index (κ3) is 4.37. The number of nitrogens with one attached hydrogen (secondary N) is 1. The van der Waals surface area contributed by atoms with Gasteiger partial charge in [-0.15, -0.1) is 0 Å². The molecular formula is C22H31N3O3. The molecule has 152 valence electrons. The van der Waals surface area contributed by atoms with Crippen molar-refractivity contribution < 1.29 is 14.7 Å². The molecule has 6 nitrogen and oxygen atoms in total. The Bertz CT molecular complexity index is 825. The van der Waals surface area contributed by atoms with Crippen LogP contribution >= 0.6 is 0 Å². The maximum Gasteiger partial charge on any atom is 0.290 e. The summed E-state index contributed by atoms with van der Waals surface area (Å²) >= 11 is 0. The summed E-state index contributed by atoms with van der Waals surface area (Å²) in [4.78, 5) is 25.7. The van der Waals surface area contributed by atoms with Gasteiger partial charge in [-0.05, 0) is 74.3 Å². The summed E-state index contributed by atoms with van der Waals surface area (Å²) in [6.07, 6.45) is 8.46. The van der Waals surface area contributed by atoms with E-state index in [1.54, 1.807) is 0 Å². The average molecular weight is 386 g/mol. The molecule has 2 aliphatic rings. The average Bonchev–Trinajstić information content (AvgIpc) is 2.99. The summed E-state index contributed by atoms with van der Waals surface area (Å²) in [6, 6.07) is 5.74. The molecule has 1 amide bonds. The predicted molar refractivity (Wildman–Crippen MR) is 108 cm³/mol. The van der Waals surface area contributed by atoms with Gasteiger partial charge in [0.1, 0.15) is 11.3 Å². The Balaban J connectivity index is 0.000000706. The van der Waals surface area contributed by atoms with E-state index in [9.17, 15) is 4.79 Å². The first-order chi connectivity index (χ1) is 13.4. The number of hydrogen-bond donors (Lipinski definition) is 2. The molecule has 2 aliphatic carbocycles. The van der Waals surface area contributed by atoms with Crippen LogP contribution in [-0.2, 0) is 4.79 Å². The number of fused-ring (bicyclic) bond motifs is 3. The minimum Gasteiger partial charge on any atom is -0.483 e. The van der Waals surface area contributed by atoms with Gasteiger partial charge in [-0.3, -0.25) is 14.0 Å². The molecule has 2 atom stereocenters. The summed E-state index contributed by atoms with van der Waals surface area (Å²) in [6.45, 7) is 7.28. The van der Waals surface area contributed by atoms with Crippen molar-refractivity contribution in [1.29, 1.82) is 0 Å². The van der Waals surface area contributed by atoms with Crippen LogP contribution < -0.4 is 5.32 Å². The molecule has 6 heteroatoms. The van der Waals surface area contributed by atoms with Crippen LogP contribution in [0.1, 0.15) is 62.1 Å². The highest BCUT2D eigenvalue weighted by Gasteiger charge is 2.44. The summed E-state index contributed by atoms with van der Waals surface area (Å²) in [5.74, 6) is 2.43. The number of hydrogen-bond acceptors (Lipinski definition) is 3. The largest absolute Gasteiger partial charge is 0.483 e. The molecule has 2 fully saturated rings. The second-order valence-electron chi connectivity index (χ2n) is 8.97. The lowest BCUT2D eigenvalue weighted by Crippen LogP contribution is -2.46. The van der Waals surface area contributed by atoms with Gasteiger partial charge in [0.05, 0.1) is 5.69 Å². The zero-order valence-corrected chi connectivity index (χ0v) is 17.0. The summed E-state index contributed by atoms with van der Waals surface area (Å²) in [5, 5.41) is 10.2. The molecule has 0 aromatic carbocycles. The van der Waals surface area contributed by atoms with Gasteiger partial charge in [0.15, 0.2) is 0 Å². The van der Waals surface area contributed by atoms with E-state index < -0.39 is 0 Å². The van der Waals surface area contributed by atoms with Crippen LogP contribution in [0, 0.1) is 30.1 Å². The number of imidazole rings is 1. The zero-order chi connectivity index (χ0) is 20.3. The van der Waals surface area contributed by atoms with Crippen LogP contribution in [0.25, 0.3) is 5.65 Å². The van der Waals surface area contributed by atoms with E-state index in [-0.39, 0.29) is 12.4 Å². The number of amides is 1. The fraction of sp³-hybridized carbons (Fsp3) is 0.591. The molecule has 0 aliphatic heterocycles. The van der Waals surface area contributed by atoms with Gasteiger partial charge in [0.2, 0.25) is 0 Å². The third-order valence-electron chi connectivity index (χ3n) is 6.23. The summed E-state index contributed by atoms with van der Waals surface area (Å²) in [7, 11) is 0. The Labute approximate surface area is 166 Å². The number of carboxylic acid groups (broad SMARTS) is 1. The second-order valence-corrected chi connectivity index (χ2v) is 8.97. The van der Waals surface area contributed by atoms with E-state index in [0.717, 1.165) is 35.6 Å². The van der Waals surface area contributed by atoms with E-state index in [4.69, 9.17) is 9.90 Å². The number of nitrogens with zero attached hydrogens (tertiary/aromatic N) is 2. The number of rotatable bonds is 3. The van der Waals surface area contributed by atoms with Crippen LogP contribution in [0.3, 0.4) is 0 Å². The molecule has 2 saturated carbocycles. The lowest BCUT2D eigenvalue weighted by Gasteiger charge is -2.50. The maximum absolute atomic E-state index is 12.9. The van der Waals surface area contributed by atoms with Crippen LogP contribution in [0.2, 0.25) is 0 Å².